The van der Waals surface area contributed by atoms with Crippen molar-refractivity contribution in [3.05, 3.63) is 34.3 Å². The van der Waals surface area contributed by atoms with Crippen LogP contribution in [0.15, 0.2) is 28.7 Å². The number of ether oxygens (including phenoxy) is 1. The fourth-order valence-electron chi connectivity index (χ4n) is 3.28. The van der Waals surface area contributed by atoms with Crippen LogP contribution >= 0.6 is 15.9 Å². The zero-order chi connectivity index (χ0) is 15.5. The molecule has 2 N–H and O–H groups in total. The largest absolute Gasteiger partial charge is 0.377 e. The molecule has 0 aliphatic carbocycles. The summed E-state index contributed by atoms with van der Waals surface area (Å²) in [6.07, 6.45) is 3.23. The van der Waals surface area contributed by atoms with E-state index in [9.17, 15) is 0 Å². The highest BCUT2D eigenvalue weighted by molar-refractivity contribution is 9.10. The molecular weight excluding hydrogens is 328 g/mol. The van der Waals surface area contributed by atoms with Crippen LogP contribution < -0.4 is 5.73 Å². The zero-order valence-electron chi connectivity index (χ0n) is 13.3. The highest BCUT2D eigenvalue weighted by Crippen LogP contribution is 2.35. The molecular formula is C17H27BrN2O. The molecule has 1 aliphatic rings. The van der Waals surface area contributed by atoms with Gasteiger partial charge in [-0.15, -0.1) is 0 Å². The first kappa shape index (κ1) is 16.9. The molecule has 3 nitrogen and oxygen atoms in total. The van der Waals surface area contributed by atoms with E-state index < -0.39 is 0 Å². The molecule has 3 unspecified atom stereocenters. The molecule has 0 aromatic heterocycles. The Morgan fingerprint density at radius 2 is 2.14 bits per heavy atom. The van der Waals surface area contributed by atoms with Crippen molar-refractivity contribution in [1.82, 2.24) is 4.90 Å². The Kier molecular flexibility index (Phi) is 5.83. The van der Waals surface area contributed by atoms with E-state index in [0.29, 0.717) is 0 Å². The lowest BCUT2D eigenvalue weighted by Crippen LogP contribution is -2.52. The van der Waals surface area contributed by atoms with Gasteiger partial charge in [0.05, 0.1) is 11.6 Å². The molecule has 4 heteroatoms. The molecule has 0 spiro atoms. The lowest BCUT2D eigenvalue weighted by molar-refractivity contribution is -0.0644. The SMILES string of the molecule is CCC(N)C(c1ccccc1Br)N1CCCC(C)(OC)C1. The molecule has 0 saturated carbocycles. The molecule has 1 aliphatic heterocycles. The molecule has 0 bridgehead atoms. The Labute approximate surface area is 137 Å². The number of halogens is 1. The average molecular weight is 355 g/mol. The van der Waals surface area contributed by atoms with Crippen LogP contribution in [-0.2, 0) is 4.74 Å². The molecule has 1 aromatic carbocycles. The predicted molar refractivity (Wildman–Crippen MR) is 91.4 cm³/mol. The van der Waals surface area contributed by atoms with Gasteiger partial charge in [-0.25, -0.2) is 0 Å². The van der Waals surface area contributed by atoms with Gasteiger partial charge in [0.25, 0.3) is 0 Å². The van der Waals surface area contributed by atoms with Crippen LogP contribution in [0.1, 0.15) is 44.7 Å². The summed E-state index contributed by atoms with van der Waals surface area (Å²) >= 11 is 3.69. The van der Waals surface area contributed by atoms with Crippen molar-refractivity contribution in [3.63, 3.8) is 0 Å². The van der Waals surface area contributed by atoms with Crippen molar-refractivity contribution >= 4 is 15.9 Å². The van der Waals surface area contributed by atoms with Gasteiger partial charge in [0, 0.05) is 24.2 Å². The van der Waals surface area contributed by atoms with E-state index in [4.69, 9.17) is 10.5 Å². The number of likely N-dealkylation sites (tertiary alicyclic amines) is 1. The van der Waals surface area contributed by atoms with Gasteiger partial charge in [0.15, 0.2) is 0 Å². The van der Waals surface area contributed by atoms with Gasteiger partial charge < -0.3 is 10.5 Å². The summed E-state index contributed by atoms with van der Waals surface area (Å²) in [5.41, 5.74) is 7.70. The lowest BCUT2D eigenvalue weighted by atomic mass is 9.89. The van der Waals surface area contributed by atoms with Gasteiger partial charge in [-0.1, -0.05) is 41.1 Å². The Bertz CT molecular complexity index is 468. The van der Waals surface area contributed by atoms with E-state index in [-0.39, 0.29) is 17.7 Å². The highest BCUT2D eigenvalue weighted by atomic mass is 79.9. The molecule has 1 saturated heterocycles. The van der Waals surface area contributed by atoms with Crippen LogP contribution in [0, 0.1) is 0 Å². The maximum atomic E-state index is 6.48. The summed E-state index contributed by atoms with van der Waals surface area (Å²) in [5.74, 6) is 0. The van der Waals surface area contributed by atoms with Gasteiger partial charge in [0.2, 0.25) is 0 Å². The number of piperidine rings is 1. The van der Waals surface area contributed by atoms with Crippen LogP contribution in [-0.4, -0.2) is 36.7 Å². The van der Waals surface area contributed by atoms with E-state index in [2.05, 4.69) is 58.9 Å². The molecule has 1 heterocycles. The molecule has 118 valence electrons. The highest BCUT2D eigenvalue weighted by Gasteiger charge is 2.36. The van der Waals surface area contributed by atoms with Gasteiger partial charge >= 0.3 is 0 Å². The third-order valence-electron chi connectivity index (χ3n) is 4.68. The Morgan fingerprint density at radius 1 is 1.43 bits per heavy atom. The van der Waals surface area contributed by atoms with Crippen molar-refractivity contribution in [1.29, 1.82) is 0 Å². The summed E-state index contributed by atoms with van der Waals surface area (Å²) in [5, 5.41) is 0. The van der Waals surface area contributed by atoms with Crippen LogP contribution in [0.3, 0.4) is 0 Å². The fraction of sp³-hybridized carbons (Fsp3) is 0.647. The first-order valence-electron chi connectivity index (χ1n) is 7.80. The topological polar surface area (TPSA) is 38.5 Å². The van der Waals surface area contributed by atoms with E-state index in [1.807, 2.05) is 7.11 Å². The summed E-state index contributed by atoms with van der Waals surface area (Å²) < 4.78 is 6.89. The number of nitrogens with two attached hydrogens (primary N) is 1. The molecule has 0 radical (unpaired) electrons. The van der Waals surface area contributed by atoms with Crippen LogP contribution in [0.25, 0.3) is 0 Å². The van der Waals surface area contributed by atoms with Gasteiger partial charge in [-0.05, 0) is 44.4 Å². The number of nitrogens with zero attached hydrogens (tertiary/aromatic N) is 1. The monoisotopic (exact) mass is 354 g/mol. The number of rotatable bonds is 5. The number of benzene rings is 1. The van der Waals surface area contributed by atoms with E-state index in [1.165, 1.54) is 5.56 Å². The minimum atomic E-state index is -0.0643. The molecule has 2 rings (SSSR count). The van der Waals surface area contributed by atoms with Gasteiger partial charge in [0.1, 0.15) is 0 Å². The summed E-state index contributed by atoms with van der Waals surface area (Å²) in [6, 6.07) is 8.79. The van der Waals surface area contributed by atoms with E-state index in [0.717, 1.165) is 36.8 Å². The molecule has 1 aromatic rings. The third kappa shape index (κ3) is 3.86. The Hall–Kier alpha value is -0.420. The van der Waals surface area contributed by atoms with Crippen molar-refractivity contribution in [2.75, 3.05) is 20.2 Å². The lowest BCUT2D eigenvalue weighted by Gasteiger charge is -2.45. The zero-order valence-corrected chi connectivity index (χ0v) is 14.9. The molecule has 3 atom stereocenters. The maximum absolute atomic E-state index is 6.48. The second-order valence-electron chi connectivity index (χ2n) is 6.27. The quantitative estimate of drug-likeness (QED) is 0.875. The fourth-order valence-corrected chi connectivity index (χ4v) is 3.80. The van der Waals surface area contributed by atoms with Crippen molar-refractivity contribution in [3.8, 4) is 0 Å². The normalized spacial score (nSPS) is 26.5. The van der Waals surface area contributed by atoms with E-state index in [1.54, 1.807) is 0 Å². The van der Waals surface area contributed by atoms with Gasteiger partial charge in [-0.2, -0.15) is 0 Å². The summed E-state index contributed by atoms with van der Waals surface area (Å²) in [6.45, 7) is 6.38. The Balaban J connectivity index is 2.31. The van der Waals surface area contributed by atoms with E-state index >= 15 is 0 Å². The van der Waals surface area contributed by atoms with Crippen LogP contribution in [0.5, 0.6) is 0 Å². The average Bonchev–Trinajstić information content (AvgIpc) is 2.49. The number of hydrogen-bond acceptors (Lipinski definition) is 3. The van der Waals surface area contributed by atoms with Crippen LogP contribution in [0.2, 0.25) is 0 Å². The summed E-state index contributed by atoms with van der Waals surface area (Å²) in [4.78, 5) is 2.50. The third-order valence-corrected chi connectivity index (χ3v) is 5.40. The molecule has 21 heavy (non-hydrogen) atoms. The minimum Gasteiger partial charge on any atom is -0.377 e. The first-order chi connectivity index (χ1) is 10.0. The van der Waals surface area contributed by atoms with Crippen molar-refractivity contribution in [2.45, 2.75) is 50.8 Å². The smallest absolute Gasteiger partial charge is 0.0777 e. The van der Waals surface area contributed by atoms with Crippen molar-refractivity contribution < 1.29 is 4.74 Å². The summed E-state index contributed by atoms with van der Waals surface area (Å²) in [7, 11) is 1.82. The van der Waals surface area contributed by atoms with Crippen molar-refractivity contribution in [2.24, 2.45) is 5.73 Å². The molecule has 1 fully saturated rings. The maximum Gasteiger partial charge on any atom is 0.0777 e. The minimum absolute atomic E-state index is 0.0643. The molecule has 0 amide bonds. The second kappa shape index (κ2) is 7.23. The second-order valence-corrected chi connectivity index (χ2v) is 7.12. The van der Waals surface area contributed by atoms with Crippen LogP contribution in [0.4, 0.5) is 0 Å². The van der Waals surface area contributed by atoms with Gasteiger partial charge in [-0.3, -0.25) is 4.90 Å². The standard InChI is InChI=1S/C17H27BrN2O/c1-4-15(19)16(13-8-5-6-9-14(13)18)20-11-7-10-17(2,12-20)21-3/h5-6,8-9,15-16H,4,7,10-12,19H2,1-3H3. The number of hydrogen-bond donors (Lipinski definition) is 1. The predicted octanol–water partition coefficient (Wildman–Crippen LogP) is 3.73. The first-order valence-corrected chi connectivity index (χ1v) is 8.59. The number of methoxy groups -OCH3 is 1. The Morgan fingerprint density at radius 3 is 2.76 bits per heavy atom.